The Bertz CT molecular complexity index is 272. The molecule has 0 atom stereocenters. The Labute approximate surface area is 72.2 Å². The lowest BCUT2D eigenvalue weighted by Crippen LogP contribution is -2.20. The lowest BCUT2D eigenvalue weighted by atomic mass is 10.1. The van der Waals surface area contributed by atoms with Crippen molar-refractivity contribution in [1.82, 2.24) is 9.55 Å². The monoisotopic (exact) mass is 169 g/mol. The Morgan fingerprint density at radius 2 is 2.17 bits per heavy atom. The van der Waals surface area contributed by atoms with E-state index < -0.39 is 5.60 Å². The van der Waals surface area contributed by atoms with E-state index in [1.165, 1.54) is 0 Å². The molecule has 0 unspecified atom stereocenters. The number of rotatable bonds is 2. The molecule has 4 heteroatoms. The Balaban J connectivity index is 3.08. The molecule has 0 aliphatic heterocycles. The molecule has 0 amide bonds. The molecule has 0 saturated carbocycles. The van der Waals surface area contributed by atoms with Crippen LogP contribution in [0.15, 0.2) is 6.20 Å². The molecule has 1 rings (SSSR count). The molecule has 0 spiro atoms. The van der Waals surface area contributed by atoms with Gasteiger partial charge in [0.05, 0.1) is 0 Å². The highest BCUT2D eigenvalue weighted by atomic mass is 16.3. The summed E-state index contributed by atoms with van der Waals surface area (Å²) in [5.41, 5.74) is -0.885. The SMILES string of the molecule is CNc1cn(C)c(C(C)(C)O)n1. The van der Waals surface area contributed by atoms with Crippen molar-refractivity contribution in [3.63, 3.8) is 0 Å². The summed E-state index contributed by atoms with van der Waals surface area (Å²) in [6.45, 7) is 3.43. The number of anilines is 1. The van der Waals surface area contributed by atoms with Crippen LogP contribution in [0.5, 0.6) is 0 Å². The topological polar surface area (TPSA) is 50.1 Å². The van der Waals surface area contributed by atoms with Crippen LogP contribution in [0.3, 0.4) is 0 Å². The fourth-order valence-corrected chi connectivity index (χ4v) is 1.16. The summed E-state index contributed by atoms with van der Waals surface area (Å²) in [6.07, 6.45) is 1.84. The van der Waals surface area contributed by atoms with E-state index >= 15 is 0 Å². The lowest BCUT2D eigenvalue weighted by Gasteiger charge is -2.15. The zero-order chi connectivity index (χ0) is 9.35. The van der Waals surface area contributed by atoms with Crippen LogP contribution in [0.2, 0.25) is 0 Å². The molecule has 1 heterocycles. The molecular weight excluding hydrogens is 154 g/mol. The second kappa shape index (κ2) is 2.79. The molecule has 4 nitrogen and oxygen atoms in total. The highest BCUT2D eigenvalue weighted by molar-refractivity contribution is 5.33. The summed E-state index contributed by atoms with van der Waals surface area (Å²) < 4.78 is 1.81. The standard InChI is InChI=1S/C8H15N3O/c1-8(2,12)7-10-6(9-3)5-11(7)4/h5,9,12H,1-4H3. The molecule has 0 saturated heterocycles. The Kier molecular flexibility index (Phi) is 2.10. The number of aryl methyl sites for hydroxylation is 1. The van der Waals surface area contributed by atoms with Crippen LogP contribution in [0.4, 0.5) is 5.82 Å². The highest BCUT2D eigenvalue weighted by Gasteiger charge is 2.21. The van der Waals surface area contributed by atoms with Gasteiger partial charge in [0.15, 0.2) is 0 Å². The molecule has 1 aromatic rings. The Hall–Kier alpha value is -1.03. The van der Waals surface area contributed by atoms with E-state index in [1.807, 2.05) is 17.8 Å². The second-order valence-electron chi connectivity index (χ2n) is 3.37. The predicted octanol–water partition coefficient (Wildman–Crippen LogP) is 0.689. The minimum absolute atomic E-state index is 0.659. The number of nitrogens with one attached hydrogen (secondary N) is 1. The van der Waals surface area contributed by atoms with Gasteiger partial charge in [-0.1, -0.05) is 0 Å². The molecule has 2 N–H and O–H groups in total. The highest BCUT2D eigenvalue weighted by Crippen LogP contribution is 2.19. The van der Waals surface area contributed by atoms with Gasteiger partial charge in [0.2, 0.25) is 0 Å². The van der Waals surface area contributed by atoms with Gasteiger partial charge >= 0.3 is 0 Å². The van der Waals surface area contributed by atoms with Crippen LogP contribution in [0.1, 0.15) is 19.7 Å². The molecule has 1 aromatic heterocycles. The van der Waals surface area contributed by atoms with E-state index in [9.17, 15) is 5.11 Å². The summed E-state index contributed by atoms with van der Waals surface area (Å²) in [5.74, 6) is 1.43. The van der Waals surface area contributed by atoms with Crippen molar-refractivity contribution in [2.75, 3.05) is 12.4 Å². The van der Waals surface area contributed by atoms with Crippen molar-refractivity contribution >= 4 is 5.82 Å². The molecule has 0 radical (unpaired) electrons. The van der Waals surface area contributed by atoms with Crippen LogP contribution in [-0.4, -0.2) is 21.7 Å². The van der Waals surface area contributed by atoms with Crippen molar-refractivity contribution in [2.24, 2.45) is 7.05 Å². The van der Waals surface area contributed by atoms with E-state index in [0.29, 0.717) is 5.82 Å². The molecule has 0 bridgehead atoms. The summed E-state index contributed by atoms with van der Waals surface area (Å²) in [4.78, 5) is 4.20. The summed E-state index contributed by atoms with van der Waals surface area (Å²) in [7, 11) is 3.66. The first kappa shape index (κ1) is 9.06. The lowest BCUT2D eigenvalue weighted by molar-refractivity contribution is 0.0659. The molecule has 68 valence electrons. The van der Waals surface area contributed by atoms with Crippen LogP contribution in [-0.2, 0) is 12.6 Å². The van der Waals surface area contributed by atoms with Gasteiger partial charge in [-0.15, -0.1) is 0 Å². The van der Waals surface area contributed by atoms with Crippen molar-refractivity contribution in [3.8, 4) is 0 Å². The minimum Gasteiger partial charge on any atom is -0.383 e. The Morgan fingerprint density at radius 1 is 1.58 bits per heavy atom. The van der Waals surface area contributed by atoms with Gasteiger partial charge in [-0.05, 0) is 13.8 Å². The van der Waals surface area contributed by atoms with Gasteiger partial charge in [-0.3, -0.25) is 0 Å². The maximum Gasteiger partial charge on any atom is 0.144 e. The van der Waals surface area contributed by atoms with E-state index in [1.54, 1.807) is 20.9 Å². The first-order valence-electron chi connectivity index (χ1n) is 3.89. The molecular formula is C8H15N3O. The molecule has 12 heavy (non-hydrogen) atoms. The normalized spacial score (nSPS) is 11.8. The number of imidazole rings is 1. The van der Waals surface area contributed by atoms with Crippen LogP contribution in [0.25, 0.3) is 0 Å². The largest absolute Gasteiger partial charge is 0.383 e. The van der Waals surface area contributed by atoms with Gasteiger partial charge < -0.3 is 15.0 Å². The summed E-state index contributed by atoms with van der Waals surface area (Å²) >= 11 is 0. The summed E-state index contributed by atoms with van der Waals surface area (Å²) in [6, 6.07) is 0. The third-order valence-corrected chi connectivity index (χ3v) is 1.68. The number of hydrogen-bond donors (Lipinski definition) is 2. The van der Waals surface area contributed by atoms with Crippen molar-refractivity contribution in [1.29, 1.82) is 0 Å². The van der Waals surface area contributed by atoms with Crippen molar-refractivity contribution in [3.05, 3.63) is 12.0 Å². The number of hydrogen-bond acceptors (Lipinski definition) is 3. The second-order valence-corrected chi connectivity index (χ2v) is 3.37. The summed E-state index contributed by atoms with van der Waals surface area (Å²) in [5, 5.41) is 12.6. The maximum absolute atomic E-state index is 9.67. The fraction of sp³-hybridized carbons (Fsp3) is 0.625. The van der Waals surface area contributed by atoms with E-state index in [2.05, 4.69) is 10.3 Å². The van der Waals surface area contributed by atoms with Gasteiger partial charge in [0.25, 0.3) is 0 Å². The molecule has 0 aromatic carbocycles. The number of aromatic nitrogens is 2. The van der Waals surface area contributed by atoms with Crippen molar-refractivity contribution < 1.29 is 5.11 Å². The van der Waals surface area contributed by atoms with E-state index in [-0.39, 0.29) is 0 Å². The van der Waals surface area contributed by atoms with E-state index in [4.69, 9.17) is 0 Å². The average Bonchev–Trinajstić information content (AvgIpc) is 2.29. The smallest absolute Gasteiger partial charge is 0.144 e. The third-order valence-electron chi connectivity index (χ3n) is 1.68. The molecule has 0 aliphatic carbocycles. The Morgan fingerprint density at radius 3 is 2.42 bits per heavy atom. The fourth-order valence-electron chi connectivity index (χ4n) is 1.16. The molecule has 0 aliphatic rings. The minimum atomic E-state index is -0.885. The van der Waals surface area contributed by atoms with Crippen LogP contribution < -0.4 is 5.32 Å². The third kappa shape index (κ3) is 1.58. The van der Waals surface area contributed by atoms with Crippen LogP contribution >= 0.6 is 0 Å². The first-order valence-corrected chi connectivity index (χ1v) is 3.89. The quantitative estimate of drug-likeness (QED) is 0.684. The van der Waals surface area contributed by atoms with Gasteiger partial charge in [-0.2, -0.15) is 0 Å². The molecule has 0 fully saturated rings. The van der Waals surface area contributed by atoms with Crippen molar-refractivity contribution in [2.45, 2.75) is 19.4 Å². The first-order chi connectivity index (χ1) is 5.45. The predicted molar refractivity (Wildman–Crippen MR) is 48.0 cm³/mol. The average molecular weight is 169 g/mol. The maximum atomic E-state index is 9.67. The van der Waals surface area contributed by atoms with Gasteiger partial charge in [-0.25, -0.2) is 4.98 Å². The zero-order valence-corrected chi connectivity index (χ0v) is 7.92. The van der Waals surface area contributed by atoms with Gasteiger partial charge in [0.1, 0.15) is 17.2 Å². The van der Waals surface area contributed by atoms with E-state index in [0.717, 1.165) is 5.82 Å². The van der Waals surface area contributed by atoms with Gasteiger partial charge in [0, 0.05) is 20.3 Å². The zero-order valence-electron chi connectivity index (χ0n) is 7.92. The number of aliphatic hydroxyl groups is 1. The number of nitrogens with zero attached hydrogens (tertiary/aromatic N) is 2. The van der Waals surface area contributed by atoms with Crippen LogP contribution in [0, 0.1) is 0 Å².